The van der Waals surface area contributed by atoms with Crippen molar-refractivity contribution in [1.82, 2.24) is 34.4 Å². The van der Waals surface area contributed by atoms with Crippen LogP contribution in [0.5, 0.6) is 6.01 Å². The van der Waals surface area contributed by atoms with Gasteiger partial charge in [0.2, 0.25) is 0 Å². The summed E-state index contributed by atoms with van der Waals surface area (Å²) in [5.41, 5.74) is 5.76. The van der Waals surface area contributed by atoms with E-state index in [2.05, 4.69) is 45.9 Å². The minimum absolute atomic E-state index is 0.0689. The monoisotopic (exact) mass is 678 g/mol. The molecule has 6 heterocycles. The van der Waals surface area contributed by atoms with Crippen molar-refractivity contribution in [3.05, 3.63) is 62.0 Å². The number of aryl methyl sites for hydroxylation is 1. The van der Waals surface area contributed by atoms with Gasteiger partial charge in [-0.3, -0.25) is 19.3 Å². The molecular formula is C35H44Cl2N8O2. The molecule has 4 aliphatic heterocycles. The average Bonchev–Trinajstić information content (AvgIpc) is 3.73. The summed E-state index contributed by atoms with van der Waals surface area (Å²) in [6.07, 6.45) is 7.08. The fourth-order valence-electron chi connectivity index (χ4n) is 9.26. The Bertz CT molecular complexity index is 1740. The van der Waals surface area contributed by atoms with Crippen LogP contribution in [0, 0.1) is 5.92 Å². The smallest absolute Gasteiger partial charge is 0.318 e. The Morgan fingerprint density at radius 1 is 1.09 bits per heavy atom. The first kappa shape index (κ1) is 31.4. The van der Waals surface area contributed by atoms with E-state index in [0.29, 0.717) is 48.9 Å². The summed E-state index contributed by atoms with van der Waals surface area (Å²) in [4.78, 5) is 32.2. The molecule has 0 unspecified atom stereocenters. The van der Waals surface area contributed by atoms with Gasteiger partial charge in [-0.1, -0.05) is 42.3 Å². The maximum absolute atomic E-state index is 12.9. The fourth-order valence-corrected chi connectivity index (χ4v) is 9.80. The molecule has 8 rings (SSSR count). The summed E-state index contributed by atoms with van der Waals surface area (Å²) in [6, 6.07) is 6.78. The lowest BCUT2D eigenvalue weighted by atomic mass is 9.81. The van der Waals surface area contributed by atoms with E-state index in [1.807, 2.05) is 10.7 Å². The van der Waals surface area contributed by atoms with E-state index < -0.39 is 0 Å². The molecule has 0 radical (unpaired) electrons. The highest BCUT2D eigenvalue weighted by atomic mass is 35.5. The van der Waals surface area contributed by atoms with E-state index >= 15 is 0 Å². The van der Waals surface area contributed by atoms with Crippen LogP contribution in [0.2, 0.25) is 10.0 Å². The molecule has 10 nitrogen and oxygen atoms in total. The highest BCUT2D eigenvalue weighted by Crippen LogP contribution is 2.50. The van der Waals surface area contributed by atoms with Gasteiger partial charge < -0.3 is 14.5 Å². The van der Waals surface area contributed by atoms with Crippen LogP contribution < -0.4 is 9.64 Å². The minimum Gasteiger partial charge on any atom is -0.461 e. The quantitative estimate of drug-likeness (QED) is 0.366. The first-order chi connectivity index (χ1) is 22.6. The van der Waals surface area contributed by atoms with Crippen LogP contribution in [0.25, 0.3) is 0 Å². The van der Waals surface area contributed by atoms with Crippen LogP contribution in [-0.2, 0) is 38.0 Å². The van der Waals surface area contributed by atoms with Gasteiger partial charge in [-0.2, -0.15) is 15.1 Å². The number of benzene rings is 1. The van der Waals surface area contributed by atoms with Gasteiger partial charge in [0.1, 0.15) is 12.4 Å². The normalized spacial score (nSPS) is 27.0. The minimum atomic E-state index is -0.192. The molecule has 5 aliphatic rings. The number of anilines is 1. The summed E-state index contributed by atoms with van der Waals surface area (Å²) in [5, 5.41) is 5.92. The Hall–Kier alpha value is -2.92. The van der Waals surface area contributed by atoms with Gasteiger partial charge in [-0.05, 0) is 75.2 Å². The Morgan fingerprint density at radius 2 is 1.94 bits per heavy atom. The standard InChI is InChI=1S/C35H44Cl2N8O2/c1-22-16-34(11-6-14-44(34)18-22)21-47-33-38-27-17-35(12-10-23-25(35)8-5-9-26(23)36)42(4)19-24(27)31(39-33)43-13-7-15-45-28(20-43)29(37)30(40-45)32(46)41(2)3/h5,8-9,22H,6-7,10-21H2,1-4H3/t22-,34+,35+/m1/s1. The molecule has 12 heteroatoms. The van der Waals surface area contributed by atoms with Crippen molar-refractivity contribution in [2.75, 3.05) is 52.3 Å². The second-order valence-electron chi connectivity index (χ2n) is 14.8. The number of ether oxygens (including phenoxy) is 1. The second-order valence-corrected chi connectivity index (χ2v) is 15.5. The Morgan fingerprint density at radius 3 is 2.77 bits per heavy atom. The number of aromatic nitrogens is 4. The first-order valence-corrected chi connectivity index (χ1v) is 17.8. The van der Waals surface area contributed by atoms with E-state index in [0.717, 1.165) is 86.0 Å². The summed E-state index contributed by atoms with van der Waals surface area (Å²) in [6.45, 7) is 7.90. The summed E-state index contributed by atoms with van der Waals surface area (Å²) >= 11 is 13.6. The number of carbonyl (C=O) groups excluding carboxylic acids is 1. The van der Waals surface area contributed by atoms with Crippen molar-refractivity contribution in [3.8, 4) is 6.01 Å². The number of halogens is 2. The Kier molecular flexibility index (Phi) is 7.74. The molecule has 3 aromatic rings. The molecule has 47 heavy (non-hydrogen) atoms. The molecule has 1 spiro atoms. The molecule has 2 fully saturated rings. The van der Waals surface area contributed by atoms with Crippen LogP contribution in [0.3, 0.4) is 0 Å². The third kappa shape index (κ3) is 5.04. The number of amides is 1. The summed E-state index contributed by atoms with van der Waals surface area (Å²) < 4.78 is 8.58. The van der Waals surface area contributed by atoms with E-state index in [9.17, 15) is 4.79 Å². The largest absolute Gasteiger partial charge is 0.461 e. The van der Waals surface area contributed by atoms with Gasteiger partial charge in [0.25, 0.3) is 5.91 Å². The zero-order valence-corrected chi connectivity index (χ0v) is 29.4. The lowest BCUT2D eigenvalue weighted by Gasteiger charge is -2.44. The van der Waals surface area contributed by atoms with Crippen LogP contribution >= 0.6 is 23.2 Å². The molecule has 1 aromatic carbocycles. The van der Waals surface area contributed by atoms with Gasteiger partial charge in [0, 0.05) is 57.3 Å². The topological polar surface area (TPSA) is 82.9 Å². The van der Waals surface area contributed by atoms with Crippen molar-refractivity contribution in [2.45, 2.75) is 82.6 Å². The fraction of sp³-hybridized carbons (Fsp3) is 0.600. The molecule has 2 saturated heterocycles. The third-order valence-electron chi connectivity index (χ3n) is 11.6. The Balaban J connectivity index is 1.19. The third-order valence-corrected chi connectivity index (χ3v) is 12.3. The number of rotatable bonds is 5. The number of likely N-dealkylation sites (N-methyl/N-ethyl adjacent to an activating group) is 1. The molecule has 0 bridgehead atoms. The number of nitrogens with zero attached hydrogens (tertiary/aromatic N) is 8. The van der Waals surface area contributed by atoms with E-state index in [1.165, 1.54) is 22.4 Å². The maximum atomic E-state index is 12.9. The molecule has 0 N–H and O–H groups in total. The molecular weight excluding hydrogens is 635 g/mol. The zero-order chi connectivity index (χ0) is 32.7. The van der Waals surface area contributed by atoms with Gasteiger partial charge in [0.05, 0.1) is 34.0 Å². The van der Waals surface area contributed by atoms with Crippen LogP contribution in [-0.4, -0.2) is 93.3 Å². The first-order valence-electron chi connectivity index (χ1n) is 17.1. The van der Waals surface area contributed by atoms with E-state index in [4.69, 9.17) is 37.9 Å². The molecule has 3 atom stereocenters. The summed E-state index contributed by atoms with van der Waals surface area (Å²) in [7, 11) is 5.66. The van der Waals surface area contributed by atoms with Gasteiger partial charge in [0.15, 0.2) is 5.69 Å². The van der Waals surface area contributed by atoms with Crippen molar-refractivity contribution < 1.29 is 9.53 Å². The average molecular weight is 680 g/mol. The van der Waals surface area contributed by atoms with Crippen LogP contribution in [0.4, 0.5) is 5.82 Å². The second kappa shape index (κ2) is 11.6. The molecule has 0 saturated carbocycles. The lowest BCUT2D eigenvalue weighted by Crippen LogP contribution is -2.48. The maximum Gasteiger partial charge on any atom is 0.318 e. The molecule has 1 amide bonds. The number of carbonyl (C=O) groups is 1. The predicted molar refractivity (Wildman–Crippen MR) is 182 cm³/mol. The van der Waals surface area contributed by atoms with E-state index in [1.54, 1.807) is 14.1 Å². The van der Waals surface area contributed by atoms with Gasteiger partial charge in [-0.25, -0.2) is 0 Å². The zero-order valence-electron chi connectivity index (χ0n) is 27.9. The van der Waals surface area contributed by atoms with Crippen molar-refractivity contribution in [1.29, 1.82) is 0 Å². The van der Waals surface area contributed by atoms with Crippen molar-refractivity contribution in [2.24, 2.45) is 5.92 Å². The number of hydrogen-bond acceptors (Lipinski definition) is 8. The highest BCUT2D eigenvalue weighted by Gasteiger charge is 2.49. The van der Waals surface area contributed by atoms with Crippen molar-refractivity contribution in [3.63, 3.8) is 0 Å². The summed E-state index contributed by atoms with van der Waals surface area (Å²) in [5.74, 6) is 1.37. The number of fused-ring (bicyclic) bond motifs is 5. The van der Waals surface area contributed by atoms with Gasteiger partial charge in [-0.15, -0.1) is 0 Å². The van der Waals surface area contributed by atoms with E-state index in [-0.39, 0.29) is 17.0 Å². The Labute approximate surface area is 287 Å². The molecule has 2 aromatic heterocycles. The van der Waals surface area contributed by atoms with Crippen LogP contribution in [0.15, 0.2) is 18.2 Å². The number of hydrogen-bond donors (Lipinski definition) is 0. The highest BCUT2D eigenvalue weighted by molar-refractivity contribution is 6.34. The predicted octanol–water partition coefficient (Wildman–Crippen LogP) is 5.17. The van der Waals surface area contributed by atoms with Crippen molar-refractivity contribution >= 4 is 34.9 Å². The SMILES string of the molecule is C[C@H]1CN2CCC[C@@]2(COc2nc3c(c(N4CCCn5nc(C(=O)N(C)C)c(Cl)c5C4)n2)CN(C)[C@@]2(CCc4c(Cl)cccc42)C3)C1. The van der Waals surface area contributed by atoms with Gasteiger partial charge >= 0.3 is 6.01 Å². The van der Waals surface area contributed by atoms with Crippen LogP contribution in [0.1, 0.15) is 77.6 Å². The molecule has 1 aliphatic carbocycles. The lowest BCUT2D eigenvalue weighted by molar-refractivity contribution is 0.0821. The molecule has 250 valence electrons.